The topological polar surface area (TPSA) is 12.0 Å². The molecule has 0 saturated heterocycles. The number of anilines is 1. The molecule has 1 aliphatic rings. The minimum Gasteiger partial charge on any atom is -0.380 e. The SMILES string of the molecule is Brc1cc(Br)c(NC2CCc3ccccc3C2)c(Br)c1. The molecule has 0 aliphatic heterocycles. The van der Waals surface area contributed by atoms with Gasteiger partial charge in [0.1, 0.15) is 0 Å². The second kappa shape index (κ2) is 6.20. The van der Waals surface area contributed by atoms with Gasteiger partial charge >= 0.3 is 0 Å². The molecular formula is C16H14Br3N. The minimum atomic E-state index is 0.485. The highest BCUT2D eigenvalue weighted by Crippen LogP contribution is 2.36. The van der Waals surface area contributed by atoms with Crippen LogP contribution in [-0.4, -0.2) is 6.04 Å². The zero-order valence-electron chi connectivity index (χ0n) is 10.8. The lowest BCUT2D eigenvalue weighted by molar-refractivity contribution is 0.610. The molecule has 4 heteroatoms. The number of nitrogens with one attached hydrogen (secondary N) is 1. The Morgan fingerprint density at radius 2 is 1.60 bits per heavy atom. The lowest BCUT2D eigenvalue weighted by Crippen LogP contribution is -2.27. The Morgan fingerprint density at radius 3 is 2.30 bits per heavy atom. The molecule has 104 valence electrons. The van der Waals surface area contributed by atoms with Gasteiger partial charge in [0.15, 0.2) is 0 Å². The maximum atomic E-state index is 3.67. The molecule has 2 aromatic rings. The fourth-order valence-electron chi connectivity index (χ4n) is 2.71. The number of rotatable bonds is 2. The van der Waals surface area contributed by atoms with E-state index in [-0.39, 0.29) is 0 Å². The van der Waals surface area contributed by atoms with Gasteiger partial charge in [0.25, 0.3) is 0 Å². The van der Waals surface area contributed by atoms with Crippen molar-refractivity contribution in [3.8, 4) is 0 Å². The highest BCUT2D eigenvalue weighted by Gasteiger charge is 2.19. The van der Waals surface area contributed by atoms with E-state index in [1.807, 2.05) is 0 Å². The van der Waals surface area contributed by atoms with Crippen LogP contribution in [0.5, 0.6) is 0 Å². The zero-order valence-corrected chi connectivity index (χ0v) is 15.6. The summed E-state index contributed by atoms with van der Waals surface area (Å²) < 4.78 is 3.23. The molecule has 0 saturated carbocycles. The van der Waals surface area contributed by atoms with Crippen molar-refractivity contribution < 1.29 is 0 Å². The highest BCUT2D eigenvalue weighted by molar-refractivity contribution is 9.11. The summed E-state index contributed by atoms with van der Waals surface area (Å²) in [5, 5.41) is 3.67. The summed E-state index contributed by atoms with van der Waals surface area (Å²) in [7, 11) is 0. The van der Waals surface area contributed by atoms with Crippen molar-refractivity contribution in [1.82, 2.24) is 0 Å². The predicted octanol–water partition coefficient (Wildman–Crippen LogP) is 5.94. The Bertz CT molecular complexity index is 616. The van der Waals surface area contributed by atoms with E-state index in [1.54, 1.807) is 0 Å². The normalized spacial score (nSPS) is 17.6. The van der Waals surface area contributed by atoms with Gasteiger partial charge in [-0.1, -0.05) is 40.2 Å². The zero-order chi connectivity index (χ0) is 14.1. The van der Waals surface area contributed by atoms with Gasteiger partial charge in [-0.25, -0.2) is 0 Å². The molecule has 0 radical (unpaired) electrons. The molecule has 0 aromatic heterocycles. The quantitative estimate of drug-likeness (QED) is 0.585. The first-order valence-electron chi connectivity index (χ1n) is 6.61. The molecule has 1 unspecified atom stereocenters. The summed E-state index contributed by atoms with van der Waals surface area (Å²) in [6.45, 7) is 0. The van der Waals surface area contributed by atoms with Gasteiger partial charge in [-0.2, -0.15) is 0 Å². The average Bonchev–Trinajstić information content (AvgIpc) is 2.42. The predicted molar refractivity (Wildman–Crippen MR) is 95.4 cm³/mol. The van der Waals surface area contributed by atoms with Crippen LogP contribution in [0, 0.1) is 0 Å². The van der Waals surface area contributed by atoms with E-state index in [1.165, 1.54) is 17.5 Å². The molecule has 0 heterocycles. The first kappa shape index (κ1) is 14.6. The number of fused-ring (bicyclic) bond motifs is 1. The van der Waals surface area contributed by atoms with Crippen molar-refractivity contribution in [2.24, 2.45) is 0 Å². The van der Waals surface area contributed by atoms with Gasteiger partial charge in [-0.3, -0.25) is 0 Å². The Labute approximate surface area is 144 Å². The molecule has 1 aliphatic carbocycles. The van der Waals surface area contributed by atoms with Crippen LogP contribution in [0.3, 0.4) is 0 Å². The first-order chi connectivity index (χ1) is 9.63. The van der Waals surface area contributed by atoms with Crippen LogP contribution in [0.1, 0.15) is 17.5 Å². The van der Waals surface area contributed by atoms with Crippen LogP contribution in [0.15, 0.2) is 49.8 Å². The van der Waals surface area contributed by atoms with Crippen molar-refractivity contribution in [3.63, 3.8) is 0 Å². The van der Waals surface area contributed by atoms with Crippen LogP contribution < -0.4 is 5.32 Å². The smallest absolute Gasteiger partial charge is 0.0632 e. The molecule has 0 fully saturated rings. The molecule has 0 amide bonds. The molecular weight excluding hydrogens is 446 g/mol. The molecule has 20 heavy (non-hydrogen) atoms. The minimum absolute atomic E-state index is 0.485. The van der Waals surface area contributed by atoms with Crippen LogP contribution in [-0.2, 0) is 12.8 Å². The second-order valence-electron chi connectivity index (χ2n) is 5.10. The van der Waals surface area contributed by atoms with E-state index < -0.39 is 0 Å². The van der Waals surface area contributed by atoms with E-state index in [9.17, 15) is 0 Å². The van der Waals surface area contributed by atoms with Crippen molar-refractivity contribution in [2.75, 3.05) is 5.32 Å². The van der Waals surface area contributed by atoms with Gasteiger partial charge in [0, 0.05) is 19.5 Å². The fraction of sp³-hybridized carbons (Fsp3) is 0.250. The third-order valence-electron chi connectivity index (χ3n) is 3.70. The van der Waals surface area contributed by atoms with Gasteiger partial charge in [-0.05, 0) is 74.4 Å². The molecule has 0 bridgehead atoms. The van der Waals surface area contributed by atoms with E-state index in [0.29, 0.717) is 6.04 Å². The Morgan fingerprint density at radius 1 is 0.950 bits per heavy atom. The second-order valence-corrected chi connectivity index (χ2v) is 7.72. The summed E-state index contributed by atoms with van der Waals surface area (Å²) in [6.07, 6.45) is 3.41. The van der Waals surface area contributed by atoms with E-state index in [0.717, 1.165) is 31.9 Å². The molecule has 1 nitrogen and oxygen atoms in total. The van der Waals surface area contributed by atoms with Gasteiger partial charge in [0.05, 0.1) is 5.69 Å². The van der Waals surface area contributed by atoms with E-state index in [2.05, 4.69) is 89.5 Å². The van der Waals surface area contributed by atoms with Gasteiger partial charge in [0.2, 0.25) is 0 Å². The van der Waals surface area contributed by atoms with Crippen LogP contribution in [0.25, 0.3) is 0 Å². The number of halogens is 3. The maximum absolute atomic E-state index is 3.67. The van der Waals surface area contributed by atoms with Gasteiger partial charge in [-0.15, -0.1) is 0 Å². The highest BCUT2D eigenvalue weighted by atomic mass is 79.9. The third kappa shape index (κ3) is 3.12. The summed E-state index contributed by atoms with van der Waals surface area (Å²) in [5.41, 5.74) is 4.11. The fourth-order valence-corrected chi connectivity index (χ4v) is 5.19. The van der Waals surface area contributed by atoms with Crippen LogP contribution in [0.2, 0.25) is 0 Å². The van der Waals surface area contributed by atoms with Crippen molar-refractivity contribution in [2.45, 2.75) is 25.3 Å². The molecule has 2 aromatic carbocycles. The summed E-state index contributed by atoms with van der Waals surface area (Å²) >= 11 is 10.8. The monoisotopic (exact) mass is 457 g/mol. The number of aryl methyl sites for hydroxylation is 1. The van der Waals surface area contributed by atoms with Crippen molar-refractivity contribution in [1.29, 1.82) is 0 Å². The molecule has 3 rings (SSSR count). The molecule has 0 spiro atoms. The molecule has 1 atom stereocenters. The van der Waals surface area contributed by atoms with E-state index in [4.69, 9.17) is 0 Å². The maximum Gasteiger partial charge on any atom is 0.0632 e. The Hall–Kier alpha value is -0.320. The summed E-state index contributed by atoms with van der Waals surface area (Å²) in [6, 6.07) is 13.4. The third-order valence-corrected chi connectivity index (χ3v) is 5.41. The number of benzene rings is 2. The van der Waals surface area contributed by atoms with Crippen molar-refractivity contribution >= 4 is 53.5 Å². The summed E-state index contributed by atoms with van der Waals surface area (Å²) in [5.74, 6) is 0. The van der Waals surface area contributed by atoms with E-state index >= 15 is 0 Å². The molecule has 1 N–H and O–H groups in total. The Kier molecular flexibility index (Phi) is 4.53. The number of hydrogen-bond acceptors (Lipinski definition) is 1. The van der Waals surface area contributed by atoms with Crippen LogP contribution >= 0.6 is 47.8 Å². The average molecular weight is 460 g/mol. The largest absolute Gasteiger partial charge is 0.380 e. The summed E-state index contributed by atoms with van der Waals surface area (Å²) in [4.78, 5) is 0. The Balaban J connectivity index is 1.80. The van der Waals surface area contributed by atoms with Crippen molar-refractivity contribution in [3.05, 3.63) is 60.9 Å². The lowest BCUT2D eigenvalue weighted by atomic mass is 9.88. The first-order valence-corrected chi connectivity index (χ1v) is 8.99. The number of hydrogen-bond donors (Lipinski definition) is 1. The van der Waals surface area contributed by atoms with Crippen LogP contribution in [0.4, 0.5) is 5.69 Å². The van der Waals surface area contributed by atoms with Gasteiger partial charge < -0.3 is 5.32 Å². The standard InChI is InChI=1S/C16H14Br3N/c17-12-8-14(18)16(15(19)9-12)20-13-6-5-10-3-1-2-4-11(10)7-13/h1-4,8-9,13,20H,5-7H2. The lowest BCUT2D eigenvalue weighted by Gasteiger charge is -2.27.